The Hall–Kier alpha value is -0.730. The van der Waals surface area contributed by atoms with Crippen LogP contribution in [-0.2, 0) is 0 Å². The highest BCUT2D eigenvalue weighted by atomic mass is 35.5. The maximum absolute atomic E-state index is 6.54. The van der Waals surface area contributed by atoms with Gasteiger partial charge in [-0.05, 0) is 64.4 Å². The molecule has 1 aromatic rings. The monoisotopic (exact) mass is 293 g/mol. The molecule has 1 heterocycles. The van der Waals surface area contributed by atoms with E-state index in [4.69, 9.17) is 16.3 Å². The standard InChI is InChI=1S/C17H24ClNO/c1-12-9-13(18)10-14-15(19(2)3)11-17(20-16(12)14)7-5-4-6-8-17/h9-10,15H,4-8,11H2,1-3H3. The van der Waals surface area contributed by atoms with Crippen molar-refractivity contribution in [2.75, 3.05) is 14.1 Å². The number of fused-ring (bicyclic) bond motifs is 1. The summed E-state index contributed by atoms with van der Waals surface area (Å²) in [5.74, 6) is 1.08. The molecule has 1 aliphatic carbocycles. The fraction of sp³-hybridized carbons (Fsp3) is 0.647. The molecule has 0 N–H and O–H groups in total. The maximum atomic E-state index is 6.54. The lowest BCUT2D eigenvalue weighted by atomic mass is 9.76. The normalized spacial score (nSPS) is 24.6. The van der Waals surface area contributed by atoms with E-state index in [9.17, 15) is 0 Å². The highest BCUT2D eigenvalue weighted by Gasteiger charge is 2.43. The van der Waals surface area contributed by atoms with Crippen LogP contribution in [0.4, 0.5) is 0 Å². The van der Waals surface area contributed by atoms with Crippen molar-refractivity contribution in [2.24, 2.45) is 0 Å². The predicted octanol–water partition coefficient (Wildman–Crippen LogP) is 4.74. The summed E-state index contributed by atoms with van der Waals surface area (Å²) < 4.78 is 6.54. The van der Waals surface area contributed by atoms with Crippen LogP contribution in [0.3, 0.4) is 0 Å². The van der Waals surface area contributed by atoms with Gasteiger partial charge in [-0.2, -0.15) is 0 Å². The average Bonchev–Trinajstić information content (AvgIpc) is 2.40. The molecule has 0 radical (unpaired) electrons. The van der Waals surface area contributed by atoms with Gasteiger partial charge in [0.05, 0.1) is 0 Å². The Balaban J connectivity index is 2.05. The third-order valence-electron chi connectivity index (χ3n) is 4.90. The Morgan fingerprint density at radius 3 is 2.55 bits per heavy atom. The van der Waals surface area contributed by atoms with Gasteiger partial charge in [-0.25, -0.2) is 0 Å². The summed E-state index contributed by atoms with van der Waals surface area (Å²) in [5.41, 5.74) is 2.49. The van der Waals surface area contributed by atoms with Gasteiger partial charge in [0.2, 0.25) is 0 Å². The zero-order chi connectivity index (χ0) is 14.3. The van der Waals surface area contributed by atoms with Crippen molar-refractivity contribution in [3.05, 3.63) is 28.3 Å². The van der Waals surface area contributed by atoms with E-state index in [1.807, 2.05) is 6.07 Å². The summed E-state index contributed by atoms with van der Waals surface area (Å²) >= 11 is 6.26. The molecular formula is C17H24ClNO. The van der Waals surface area contributed by atoms with Gasteiger partial charge in [-0.15, -0.1) is 0 Å². The van der Waals surface area contributed by atoms with E-state index in [0.717, 1.165) is 17.2 Å². The molecule has 1 aliphatic heterocycles. The van der Waals surface area contributed by atoms with Gasteiger partial charge >= 0.3 is 0 Å². The zero-order valence-corrected chi connectivity index (χ0v) is 13.5. The van der Waals surface area contributed by atoms with E-state index in [0.29, 0.717) is 6.04 Å². The fourth-order valence-electron chi connectivity index (χ4n) is 3.83. The molecule has 0 bridgehead atoms. The molecule has 1 atom stereocenters. The summed E-state index contributed by atoms with van der Waals surface area (Å²) in [6.45, 7) is 2.11. The van der Waals surface area contributed by atoms with Crippen LogP contribution in [0.5, 0.6) is 5.75 Å². The van der Waals surface area contributed by atoms with Crippen LogP contribution < -0.4 is 4.74 Å². The number of ether oxygens (including phenoxy) is 1. The van der Waals surface area contributed by atoms with Crippen LogP contribution in [0.25, 0.3) is 0 Å². The van der Waals surface area contributed by atoms with Crippen molar-refractivity contribution in [2.45, 2.75) is 57.1 Å². The third kappa shape index (κ3) is 2.44. The van der Waals surface area contributed by atoms with E-state index in [-0.39, 0.29) is 5.60 Å². The summed E-state index contributed by atoms with van der Waals surface area (Å²) in [6, 6.07) is 4.52. The lowest BCUT2D eigenvalue weighted by Gasteiger charge is -2.46. The molecule has 1 saturated carbocycles. The first kappa shape index (κ1) is 14.2. The van der Waals surface area contributed by atoms with Gasteiger partial charge in [-0.1, -0.05) is 18.0 Å². The third-order valence-corrected chi connectivity index (χ3v) is 5.12. The Kier molecular flexibility index (Phi) is 3.72. The van der Waals surface area contributed by atoms with Crippen LogP contribution in [0.1, 0.15) is 55.7 Å². The quantitative estimate of drug-likeness (QED) is 0.742. The van der Waals surface area contributed by atoms with Crippen LogP contribution >= 0.6 is 11.6 Å². The fourth-order valence-corrected chi connectivity index (χ4v) is 4.11. The first-order valence-corrected chi connectivity index (χ1v) is 8.04. The van der Waals surface area contributed by atoms with Crippen molar-refractivity contribution in [1.29, 1.82) is 0 Å². The zero-order valence-electron chi connectivity index (χ0n) is 12.7. The SMILES string of the molecule is Cc1cc(Cl)cc2c1OC1(CCCCC1)CC2N(C)C. The molecule has 1 spiro atoms. The van der Waals surface area contributed by atoms with Crippen LogP contribution in [-0.4, -0.2) is 24.6 Å². The summed E-state index contributed by atoms with van der Waals surface area (Å²) in [5, 5.41) is 0.816. The molecule has 1 unspecified atom stereocenters. The predicted molar refractivity (Wildman–Crippen MR) is 83.7 cm³/mol. The molecule has 0 aromatic heterocycles. The molecular weight excluding hydrogens is 270 g/mol. The van der Waals surface area contributed by atoms with Crippen molar-refractivity contribution in [3.63, 3.8) is 0 Å². The Morgan fingerprint density at radius 1 is 1.20 bits per heavy atom. The van der Waals surface area contributed by atoms with E-state index < -0.39 is 0 Å². The van der Waals surface area contributed by atoms with Crippen molar-refractivity contribution >= 4 is 11.6 Å². The molecule has 2 aliphatic rings. The highest BCUT2D eigenvalue weighted by Crippen LogP contribution is 2.49. The molecule has 0 saturated heterocycles. The Labute approximate surface area is 127 Å². The first-order valence-electron chi connectivity index (χ1n) is 7.66. The Bertz CT molecular complexity index is 506. The molecule has 0 amide bonds. The maximum Gasteiger partial charge on any atom is 0.127 e. The smallest absolute Gasteiger partial charge is 0.127 e. The van der Waals surface area contributed by atoms with E-state index in [1.54, 1.807) is 0 Å². The van der Waals surface area contributed by atoms with E-state index in [2.05, 4.69) is 32.0 Å². The van der Waals surface area contributed by atoms with Gasteiger partial charge < -0.3 is 9.64 Å². The number of halogens is 1. The molecule has 3 rings (SSSR count). The van der Waals surface area contributed by atoms with E-state index >= 15 is 0 Å². The van der Waals surface area contributed by atoms with Gasteiger partial charge in [-0.3, -0.25) is 0 Å². The van der Waals surface area contributed by atoms with Crippen LogP contribution in [0, 0.1) is 6.92 Å². The molecule has 2 nitrogen and oxygen atoms in total. The van der Waals surface area contributed by atoms with Gasteiger partial charge in [0.1, 0.15) is 11.4 Å². The summed E-state index contributed by atoms with van der Waals surface area (Å²) in [7, 11) is 4.32. The van der Waals surface area contributed by atoms with Crippen molar-refractivity contribution in [1.82, 2.24) is 4.90 Å². The summed E-state index contributed by atoms with van der Waals surface area (Å²) in [4.78, 5) is 2.31. The number of rotatable bonds is 1. The molecule has 110 valence electrons. The second kappa shape index (κ2) is 5.23. The highest BCUT2D eigenvalue weighted by molar-refractivity contribution is 6.30. The topological polar surface area (TPSA) is 12.5 Å². The minimum absolute atomic E-state index is 0.0543. The van der Waals surface area contributed by atoms with E-state index in [1.165, 1.54) is 43.2 Å². The lowest BCUT2D eigenvalue weighted by molar-refractivity contribution is -0.0176. The van der Waals surface area contributed by atoms with Gasteiger partial charge in [0, 0.05) is 23.0 Å². The number of hydrogen-bond acceptors (Lipinski definition) is 2. The van der Waals surface area contributed by atoms with Crippen LogP contribution in [0.2, 0.25) is 5.02 Å². The Morgan fingerprint density at radius 2 is 1.90 bits per heavy atom. The van der Waals surface area contributed by atoms with Crippen LogP contribution in [0.15, 0.2) is 12.1 Å². The number of hydrogen-bond donors (Lipinski definition) is 0. The second-order valence-electron chi connectivity index (χ2n) is 6.67. The number of aryl methyl sites for hydroxylation is 1. The largest absolute Gasteiger partial charge is 0.487 e. The molecule has 1 aromatic carbocycles. The molecule has 20 heavy (non-hydrogen) atoms. The van der Waals surface area contributed by atoms with Crippen molar-refractivity contribution in [3.8, 4) is 5.75 Å². The average molecular weight is 294 g/mol. The van der Waals surface area contributed by atoms with Gasteiger partial charge in [0.15, 0.2) is 0 Å². The lowest BCUT2D eigenvalue weighted by Crippen LogP contribution is -2.45. The second-order valence-corrected chi connectivity index (χ2v) is 7.11. The minimum atomic E-state index is 0.0543. The van der Waals surface area contributed by atoms with Crippen molar-refractivity contribution < 1.29 is 4.74 Å². The summed E-state index contributed by atoms with van der Waals surface area (Å²) in [6.07, 6.45) is 7.42. The number of nitrogens with zero attached hydrogens (tertiary/aromatic N) is 1. The van der Waals surface area contributed by atoms with Gasteiger partial charge in [0.25, 0.3) is 0 Å². The number of benzene rings is 1. The minimum Gasteiger partial charge on any atom is -0.487 e. The molecule has 1 fully saturated rings. The first-order chi connectivity index (χ1) is 9.51. The molecule has 3 heteroatoms.